The van der Waals surface area contributed by atoms with E-state index in [4.69, 9.17) is 10.9 Å². The molecule has 0 aliphatic carbocycles. The quantitative estimate of drug-likeness (QED) is 0.455. The van der Waals surface area contributed by atoms with Crippen LogP contribution in [0.2, 0.25) is 0 Å². The molecule has 0 saturated carbocycles. The molecule has 0 bridgehead atoms. The van der Waals surface area contributed by atoms with Gasteiger partial charge in [0.25, 0.3) is 5.56 Å². The molecule has 0 unspecified atom stereocenters. The zero-order valence-corrected chi connectivity index (χ0v) is 7.56. The van der Waals surface area contributed by atoms with Crippen molar-refractivity contribution < 1.29 is 5.21 Å². The molecular weight excluding hydrogens is 200 g/mol. The molecule has 0 saturated heterocycles. The van der Waals surface area contributed by atoms with Crippen LogP contribution >= 0.6 is 0 Å². The average molecular weight is 208 g/mol. The zero-order valence-electron chi connectivity index (χ0n) is 7.56. The monoisotopic (exact) mass is 208 g/mol. The second-order valence-corrected chi connectivity index (χ2v) is 2.82. The van der Waals surface area contributed by atoms with E-state index >= 15 is 0 Å². The van der Waals surface area contributed by atoms with Crippen molar-refractivity contribution in [2.75, 3.05) is 5.73 Å². The lowest BCUT2D eigenvalue weighted by atomic mass is 10.4. The minimum absolute atomic E-state index is 0.0177. The molecule has 2 aromatic rings. The topological polar surface area (TPSA) is 130 Å². The van der Waals surface area contributed by atoms with Crippen molar-refractivity contribution in [1.82, 2.24) is 25.4 Å². The lowest BCUT2D eigenvalue weighted by molar-refractivity contribution is 0.160. The Morgan fingerprint density at radius 1 is 1.53 bits per heavy atom. The first kappa shape index (κ1) is 9.49. The van der Waals surface area contributed by atoms with Gasteiger partial charge in [-0.05, 0) is 0 Å². The number of hydroxylamine groups is 1. The molecule has 2 aromatic heterocycles. The predicted molar refractivity (Wildman–Crippen MR) is 51.0 cm³/mol. The minimum Gasteiger partial charge on any atom is -0.369 e. The molecule has 0 amide bonds. The summed E-state index contributed by atoms with van der Waals surface area (Å²) in [6, 6.07) is 0. The summed E-state index contributed by atoms with van der Waals surface area (Å²) in [7, 11) is 0. The molecule has 2 heterocycles. The van der Waals surface area contributed by atoms with Crippen molar-refractivity contribution in [2.24, 2.45) is 0 Å². The highest BCUT2D eigenvalue weighted by Gasteiger charge is 2.05. The Hall–Kier alpha value is -2.06. The summed E-state index contributed by atoms with van der Waals surface area (Å²) in [5.74, 6) is -0.0177. The molecule has 5 N–H and O–H groups in total. The van der Waals surface area contributed by atoms with Gasteiger partial charge in [-0.15, -0.1) is 0 Å². The van der Waals surface area contributed by atoms with E-state index in [0.717, 1.165) is 0 Å². The van der Waals surface area contributed by atoms with Crippen LogP contribution in [0.25, 0.3) is 11.2 Å². The van der Waals surface area contributed by atoms with Crippen molar-refractivity contribution >= 4 is 17.1 Å². The van der Waals surface area contributed by atoms with Gasteiger partial charge in [0.1, 0.15) is 0 Å². The second-order valence-electron chi connectivity index (χ2n) is 2.82. The van der Waals surface area contributed by atoms with E-state index in [1.165, 1.54) is 6.20 Å². The fraction of sp³-hybridized carbons (Fsp3) is 0.143. The van der Waals surface area contributed by atoms with Crippen LogP contribution in [0.1, 0.15) is 5.69 Å². The van der Waals surface area contributed by atoms with Crippen LogP contribution in [0.3, 0.4) is 0 Å². The number of fused-ring (bicyclic) bond motifs is 1. The summed E-state index contributed by atoms with van der Waals surface area (Å²) in [4.78, 5) is 25.3. The summed E-state index contributed by atoms with van der Waals surface area (Å²) in [6.07, 6.45) is 1.37. The van der Waals surface area contributed by atoms with Crippen LogP contribution in [-0.2, 0) is 6.54 Å². The molecule has 0 aliphatic rings. The minimum atomic E-state index is -0.437. The summed E-state index contributed by atoms with van der Waals surface area (Å²) < 4.78 is 0. The summed E-state index contributed by atoms with van der Waals surface area (Å²) in [5.41, 5.74) is 7.58. The maximum atomic E-state index is 11.3. The van der Waals surface area contributed by atoms with Gasteiger partial charge in [0.2, 0.25) is 5.95 Å². The molecule has 15 heavy (non-hydrogen) atoms. The first-order chi connectivity index (χ1) is 7.20. The number of aromatic amines is 1. The van der Waals surface area contributed by atoms with E-state index in [0.29, 0.717) is 5.69 Å². The Morgan fingerprint density at radius 3 is 3.07 bits per heavy atom. The molecule has 0 radical (unpaired) electrons. The highest BCUT2D eigenvalue weighted by Crippen LogP contribution is 2.02. The molecule has 8 nitrogen and oxygen atoms in total. The van der Waals surface area contributed by atoms with Gasteiger partial charge in [-0.25, -0.2) is 9.97 Å². The molecule has 0 atom stereocenters. The van der Waals surface area contributed by atoms with Crippen LogP contribution in [0.5, 0.6) is 0 Å². The normalized spacial score (nSPS) is 10.7. The number of nitrogen functional groups attached to an aromatic ring is 1. The number of rotatable bonds is 2. The lowest BCUT2D eigenvalue weighted by Crippen LogP contribution is -2.15. The maximum Gasteiger partial charge on any atom is 0.280 e. The first-order valence-corrected chi connectivity index (χ1v) is 4.09. The largest absolute Gasteiger partial charge is 0.369 e. The number of nitrogens with one attached hydrogen (secondary N) is 2. The van der Waals surface area contributed by atoms with E-state index in [-0.39, 0.29) is 23.7 Å². The van der Waals surface area contributed by atoms with Crippen molar-refractivity contribution in [2.45, 2.75) is 6.54 Å². The number of anilines is 1. The van der Waals surface area contributed by atoms with Crippen LogP contribution in [0.4, 0.5) is 5.95 Å². The fourth-order valence-electron chi connectivity index (χ4n) is 1.14. The Balaban J connectivity index is 2.65. The third-order valence-electron chi connectivity index (χ3n) is 1.75. The predicted octanol–water partition coefficient (Wildman–Crippen LogP) is -1.23. The van der Waals surface area contributed by atoms with Crippen LogP contribution in [0.15, 0.2) is 11.0 Å². The molecule has 0 aromatic carbocycles. The van der Waals surface area contributed by atoms with Gasteiger partial charge < -0.3 is 10.9 Å². The Labute approximate surface area is 83.2 Å². The maximum absolute atomic E-state index is 11.3. The Morgan fingerprint density at radius 2 is 2.33 bits per heavy atom. The smallest absolute Gasteiger partial charge is 0.280 e. The van der Waals surface area contributed by atoms with Gasteiger partial charge >= 0.3 is 0 Å². The number of nitrogens with two attached hydrogens (primary N) is 1. The number of hydrogen-bond donors (Lipinski definition) is 4. The van der Waals surface area contributed by atoms with Gasteiger partial charge in [0.05, 0.1) is 18.4 Å². The van der Waals surface area contributed by atoms with Gasteiger partial charge in [-0.3, -0.25) is 9.78 Å². The number of nitrogens with zero attached hydrogens (tertiary/aromatic N) is 3. The Kier molecular flexibility index (Phi) is 2.27. The molecular formula is C7H8N6O2. The highest BCUT2D eigenvalue weighted by molar-refractivity contribution is 5.69. The third-order valence-corrected chi connectivity index (χ3v) is 1.75. The molecule has 78 valence electrons. The van der Waals surface area contributed by atoms with Crippen LogP contribution in [-0.4, -0.2) is 25.1 Å². The molecule has 8 heteroatoms. The van der Waals surface area contributed by atoms with Gasteiger partial charge in [0.15, 0.2) is 11.2 Å². The van der Waals surface area contributed by atoms with Crippen molar-refractivity contribution in [1.29, 1.82) is 0 Å². The van der Waals surface area contributed by atoms with Crippen molar-refractivity contribution in [3.8, 4) is 0 Å². The van der Waals surface area contributed by atoms with E-state index in [2.05, 4.69) is 19.9 Å². The van der Waals surface area contributed by atoms with Crippen molar-refractivity contribution in [3.63, 3.8) is 0 Å². The SMILES string of the molecule is Nc1nc2nc(CNO)cnc2c(=O)[nH]1. The molecule has 2 rings (SSSR count). The average Bonchev–Trinajstić information content (AvgIpc) is 2.17. The number of H-pyrrole nitrogens is 1. The van der Waals surface area contributed by atoms with Gasteiger partial charge in [0, 0.05) is 0 Å². The van der Waals surface area contributed by atoms with E-state index in [9.17, 15) is 4.79 Å². The van der Waals surface area contributed by atoms with Gasteiger partial charge in [-0.2, -0.15) is 10.5 Å². The highest BCUT2D eigenvalue weighted by atomic mass is 16.5. The molecule has 0 fully saturated rings. The first-order valence-electron chi connectivity index (χ1n) is 4.09. The summed E-state index contributed by atoms with van der Waals surface area (Å²) >= 11 is 0. The number of aromatic nitrogens is 4. The lowest BCUT2D eigenvalue weighted by Gasteiger charge is -2.00. The number of hydrogen-bond acceptors (Lipinski definition) is 7. The molecule has 0 aliphatic heterocycles. The van der Waals surface area contributed by atoms with Crippen LogP contribution < -0.4 is 16.8 Å². The van der Waals surface area contributed by atoms with Crippen LogP contribution in [0, 0.1) is 0 Å². The zero-order chi connectivity index (χ0) is 10.8. The van der Waals surface area contributed by atoms with E-state index in [1.807, 2.05) is 5.48 Å². The van der Waals surface area contributed by atoms with Crippen molar-refractivity contribution in [3.05, 3.63) is 22.2 Å². The van der Waals surface area contributed by atoms with Gasteiger partial charge in [-0.1, -0.05) is 0 Å². The third kappa shape index (κ3) is 1.75. The summed E-state index contributed by atoms with van der Waals surface area (Å²) in [5, 5.41) is 8.47. The summed E-state index contributed by atoms with van der Waals surface area (Å²) in [6.45, 7) is 0.122. The second kappa shape index (κ2) is 3.59. The Bertz CT molecular complexity index is 551. The standard InChI is InChI=1S/C7H8N6O2/c8-7-12-5-4(6(14)13-7)9-1-3(11-5)2-10-15/h1,10,15H,2H2,(H3,8,11,12,13,14). The fourth-order valence-corrected chi connectivity index (χ4v) is 1.14. The molecule has 0 spiro atoms. The van der Waals surface area contributed by atoms with E-state index < -0.39 is 5.56 Å². The van der Waals surface area contributed by atoms with E-state index in [1.54, 1.807) is 0 Å².